The van der Waals surface area contributed by atoms with E-state index < -0.39 is 5.97 Å². The van der Waals surface area contributed by atoms with Crippen LogP contribution < -0.4 is 0 Å². The fourth-order valence-corrected chi connectivity index (χ4v) is 3.87. The summed E-state index contributed by atoms with van der Waals surface area (Å²) in [7, 11) is 0. The van der Waals surface area contributed by atoms with E-state index in [0.29, 0.717) is 23.7 Å². The molecule has 0 aromatic heterocycles. The van der Waals surface area contributed by atoms with Crippen LogP contribution in [0.1, 0.15) is 12.8 Å². The van der Waals surface area contributed by atoms with Crippen LogP contribution in [0.2, 0.25) is 0 Å². The highest BCUT2D eigenvalue weighted by molar-refractivity contribution is 5.73. The van der Waals surface area contributed by atoms with E-state index in [4.69, 9.17) is 5.11 Å². The van der Waals surface area contributed by atoms with Crippen molar-refractivity contribution in [2.24, 2.45) is 29.6 Å². The Kier molecular flexibility index (Phi) is 0.980. The number of allylic oxidation sites excluding steroid dienone is 1. The number of hydrogen-bond donors (Lipinski definition) is 1. The zero-order valence-electron chi connectivity index (χ0n) is 6.86. The molecule has 0 radical (unpaired) electrons. The van der Waals surface area contributed by atoms with Gasteiger partial charge in [-0.2, -0.15) is 0 Å². The molecule has 2 nitrogen and oxygen atoms in total. The second kappa shape index (κ2) is 1.76. The Labute approximate surface area is 71.3 Å². The van der Waals surface area contributed by atoms with Crippen LogP contribution in [-0.4, -0.2) is 11.1 Å². The van der Waals surface area contributed by atoms with Gasteiger partial charge < -0.3 is 5.11 Å². The first-order chi connectivity index (χ1) is 5.70. The first-order valence-electron chi connectivity index (χ1n) is 4.61. The van der Waals surface area contributed by atoms with E-state index in [9.17, 15) is 4.79 Å². The minimum Gasteiger partial charge on any atom is -0.481 e. The van der Waals surface area contributed by atoms with Gasteiger partial charge in [0.15, 0.2) is 0 Å². The van der Waals surface area contributed by atoms with Crippen LogP contribution in [-0.2, 0) is 4.79 Å². The van der Waals surface area contributed by atoms with Crippen LogP contribution in [0.15, 0.2) is 12.2 Å². The van der Waals surface area contributed by atoms with Crippen molar-refractivity contribution >= 4 is 5.97 Å². The Bertz CT molecular complexity index is 262. The maximum Gasteiger partial charge on any atom is 0.307 e. The summed E-state index contributed by atoms with van der Waals surface area (Å²) in [5, 5.41) is 8.99. The predicted molar refractivity (Wildman–Crippen MR) is 43.5 cm³/mol. The van der Waals surface area contributed by atoms with Gasteiger partial charge in [0, 0.05) is 0 Å². The Morgan fingerprint density at radius 1 is 1.33 bits per heavy atom. The summed E-state index contributed by atoms with van der Waals surface area (Å²) in [6, 6.07) is 0. The number of aliphatic carboxylic acids is 1. The van der Waals surface area contributed by atoms with Gasteiger partial charge in [-0.05, 0) is 36.5 Å². The molecule has 0 saturated heterocycles. The minimum atomic E-state index is -0.567. The molecule has 4 aliphatic carbocycles. The SMILES string of the molecule is C=C1C2CC3C1CC2C3C(=O)O. The molecule has 4 unspecified atom stereocenters. The molecule has 4 rings (SSSR count). The summed E-state index contributed by atoms with van der Waals surface area (Å²) in [6.07, 6.45) is 2.23. The summed E-state index contributed by atoms with van der Waals surface area (Å²) in [5.41, 5.74) is 1.36. The van der Waals surface area contributed by atoms with Crippen molar-refractivity contribution in [2.75, 3.05) is 0 Å². The monoisotopic (exact) mass is 164 g/mol. The van der Waals surface area contributed by atoms with E-state index >= 15 is 0 Å². The normalized spacial score (nSPS) is 54.0. The highest BCUT2D eigenvalue weighted by Gasteiger charge is 2.63. The molecule has 0 aliphatic heterocycles. The zero-order valence-corrected chi connectivity index (χ0v) is 6.86. The molecule has 64 valence electrons. The third-order valence-electron chi connectivity index (χ3n) is 4.25. The first kappa shape index (κ1) is 6.70. The number of rotatable bonds is 1. The van der Waals surface area contributed by atoms with E-state index in [-0.39, 0.29) is 5.92 Å². The Balaban J connectivity index is 2.01. The lowest BCUT2D eigenvalue weighted by Gasteiger charge is -2.17. The first-order valence-corrected chi connectivity index (χ1v) is 4.61. The largest absolute Gasteiger partial charge is 0.481 e. The van der Waals surface area contributed by atoms with E-state index in [1.165, 1.54) is 5.57 Å². The van der Waals surface area contributed by atoms with Crippen molar-refractivity contribution in [2.45, 2.75) is 12.8 Å². The third kappa shape index (κ3) is 0.501. The van der Waals surface area contributed by atoms with Crippen molar-refractivity contribution in [1.82, 2.24) is 0 Å². The third-order valence-corrected chi connectivity index (χ3v) is 4.25. The minimum absolute atomic E-state index is 0.0227. The van der Waals surface area contributed by atoms with Crippen molar-refractivity contribution in [3.63, 3.8) is 0 Å². The molecule has 4 saturated carbocycles. The van der Waals surface area contributed by atoms with E-state index in [0.717, 1.165) is 12.8 Å². The van der Waals surface area contributed by atoms with Gasteiger partial charge in [-0.15, -0.1) is 0 Å². The van der Waals surface area contributed by atoms with Crippen LogP contribution in [0.25, 0.3) is 0 Å². The van der Waals surface area contributed by atoms with Gasteiger partial charge in [-0.1, -0.05) is 12.2 Å². The molecule has 4 bridgehead atoms. The molecule has 0 aromatic rings. The summed E-state index contributed by atoms with van der Waals surface area (Å²) >= 11 is 0. The maximum absolute atomic E-state index is 10.9. The van der Waals surface area contributed by atoms with Gasteiger partial charge in [0.05, 0.1) is 5.92 Å². The quantitative estimate of drug-likeness (QED) is 0.597. The van der Waals surface area contributed by atoms with E-state index in [2.05, 4.69) is 6.58 Å². The molecule has 2 heteroatoms. The number of hydrogen-bond acceptors (Lipinski definition) is 1. The maximum atomic E-state index is 10.9. The van der Waals surface area contributed by atoms with Crippen molar-refractivity contribution < 1.29 is 9.90 Å². The Morgan fingerprint density at radius 3 is 2.17 bits per heavy atom. The Hall–Kier alpha value is -0.790. The summed E-state index contributed by atoms with van der Waals surface area (Å²) in [6.45, 7) is 4.06. The van der Waals surface area contributed by atoms with Gasteiger partial charge in [0.2, 0.25) is 0 Å². The van der Waals surface area contributed by atoms with Gasteiger partial charge in [-0.25, -0.2) is 0 Å². The van der Waals surface area contributed by atoms with E-state index in [1.54, 1.807) is 0 Å². The van der Waals surface area contributed by atoms with Crippen LogP contribution in [0, 0.1) is 29.6 Å². The summed E-state index contributed by atoms with van der Waals surface area (Å²) in [5.74, 6) is 1.45. The van der Waals surface area contributed by atoms with Gasteiger partial charge >= 0.3 is 5.97 Å². The predicted octanol–water partition coefficient (Wildman–Crippen LogP) is 1.53. The molecule has 0 heterocycles. The van der Waals surface area contributed by atoms with Gasteiger partial charge in [0.25, 0.3) is 0 Å². The van der Waals surface area contributed by atoms with E-state index in [1.807, 2.05) is 0 Å². The molecular formula is C10H12O2. The van der Waals surface area contributed by atoms with Crippen LogP contribution in [0.5, 0.6) is 0 Å². The number of carboxylic acids is 1. The fourth-order valence-electron chi connectivity index (χ4n) is 3.87. The lowest BCUT2D eigenvalue weighted by atomic mass is 9.86. The highest BCUT2D eigenvalue weighted by atomic mass is 16.4. The molecular weight excluding hydrogens is 152 g/mol. The number of carbonyl (C=O) groups is 1. The lowest BCUT2D eigenvalue weighted by molar-refractivity contribution is -0.143. The van der Waals surface area contributed by atoms with Crippen molar-refractivity contribution in [3.05, 3.63) is 12.2 Å². The number of carboxylic acid groups (broad SMARTS) is 1. The van der Waals surface area contributed by atoms with Crippen LogP contribution in [0.4, 0.5) is 0 Å². The topological polar surface area (TPSA) is 37.3 Å². The molecule has 4 atom stereocenters. The second-order valence-electron chi connectivity index (χ2n) is 4.45. The zero-order chi connectivity index (χ0) is 8.46. The van der Waals surface area contributed by atoms with Crippen LogP contribution >= 0.6 is 0 Å². The average molecular weight is 164 g/mol. The highest BCUT2D eigenvalue weighted by Crippen LogP contribution is 2.67. The second-order valence-corrected chi connectivity index (χ2v) is 4.45. The average Bonchev–Trinajstić information content (AvgIpc) is 2.65. The van der Waals surface area contributed by atoms with Gasteiger partial charge in [-0.3, -0.25) is 4.79 Å². The molecule has 0 spiro atoms. The molecule has 1 N–H and O–H groups in total. The molecule has 4 aliphatic rings. The molecule has 12 heavy (non-hydrogen) atoms. The van der Waals surface area contributed by atoms with Crippen molar-refractivity contribution in [1.29, 1.82) is 0 Å². The van der Waals surface area contributed by atoms with Gasteiger partial charge in [0.1, 0.15) is 0 Å². The molecule has 4 fully saturated rings. The standard InChI is InChI=1S/C10H12O2/c1-4-5-2-7-6(4)3-8(5)9(7)10(11)12/h5-9H,1-3H2,(H,11,12). The molecule has 0 amide bonds. The van der Waals surface area contributed by atoms with Crippen LogP contribution in [0.3, 0.4) is 0 Å². The summed E-state index contributed by atoms with van der Waals surface area (Å²) in [4.78, 5) is 10.9. The van der Waals surface area contributed by atoms with Crippen molar-refractivity contribution in [3.8, 4) is 0 Å². The Morgan fingerprint density at radius 2 is 1.83 bits per heavy atom. The summed E-state index contributed by atoms with van der Waals surface area (Å²) < 4.78 is 0. The molecule has 0 aromatic carbocycles. The smallest absolute Gasteiger partial charge is 0.307 e. The lowest BCUT2D eigenvalue weighted by Crippen LogP contribution is -2.23. The fraction of sp³-hybridized carbons (Fsp3) is 0.700.